The number of carboxylic acid groups (broad SMARTS) is 1. The molecule has 7 nitrogen and oxygen atoms in total. The summed E-state index contributed by atoms with van der Waals surface area (Å²) in [4.78, 5) is 38.5. The van der Waals surface area contributed by atoms with Gasteiger partial charge < -0.3 is 19.9 Å². The number of carboxylic acids is 1. The number of carbonyl (C=O) groups excluding carboxylic acids is 2. The fourth-order valence-corrected chi connectivity index (χ4v) is 3.78. The average molecular weight is 438 g/mol. The number of aliphatic carboxylic acids is 1. The summed E-state index contributed by atoms with van der Waals surface area (Å²) >= 11 is 0. The first-order chi connectivity index (χ1) is 14.6. The Bertz CT molecular complexity index is 1090. The molecule has 2 atom stereocenters. The van der Waals surface area contributed by atoms with Crippen LogP contribution in [0.15, 0.2) is 48.5 Å². The van der Waals surface area contributed by atoms with E-state index in [1.165, 1.54) is 19.2 Å². The minimum Gasteiger partial charge on any atom is -0.497 e. The van der Waals surface area contributed by atoms with Gasteiger partial charge in [0.25, 0.3) is 11.4 Å². The van der Waals surface area contributed by atoms with E-state index in [9.17, 15) is 19.5 Å². The first-order valence-electron chi connectivity index (χ1n) is 9.62. The second-order valence-electron chi connectivity index (χ2n) is 8.18. The van der Waals surface area contributed by atoms with Crippen molar-refractivity contribution < 1.29 is 29.0 Å². The maximum absolute atomic E-state index is 13.0. The minimum atomic E-state index is -2.39. The number of ether oxygens (including phenoxy) is 2. The lowest BCUT2D eigenvalue weighted by molar-refractivity contribution is -0.158. The molecule has 2 aromatic carbocycles. The zero-order valence-electron chi connectivity index (χ0n) is 17.7. The first kappa shape index (κ1) is 22.1. The van der Waals surface area contributed by atoms with E-state index in [0.717, 1.165) is 0 Å². The van der Waals surface area contributed by atoms with E-state index in [1.54, 1.807) is 36.4 Å². The van der Waals surface area contributed by atoms with Crippen LogP contribution in [0.4, 0.5) is 0 Å². The number of hydrogen-bond acceptors (Lipinski definition) is 5. The molecule has 1 aliphatic heterocycles. The zero-order valence-corrected chi connectivity index (χ0v) is 18.7. The number of methoxy groups -OCH3 is 1. The van der Waals surface area contributed by atoms with E-state index in [1.807, 2.05) is 19.6 Å². The summed E-state index contributed by atoms with van der Waals surface area (Å²) in [7, 11) is -0.437. The van der Waals surface area contributed by atoms with Gasteiger partial charge in [0.1, 0.15) is 19.6 Å². The highest BCUT2D eigenvalue weighted by Gasteiger charge is 2.59. The van der Waals surface area contributed by atoms with Crippen LogP contribution >= 0.6 is 0 Å². The van der Waals surface area contributed by atoms with Crippen LogP contribution in [0.5, 0.6) is 11.5 Å². The molecule has 1 amide bonds. The van der Waals surface area contributed by atoms with E-state index < -0.39 is 37.4 Å². The molecule has 8 heteroatoms. The van der Waals surface area contributed by atoms with Crippen molar-refractivity contribution >= 4 is 25.9 Å². The van der Waals surface area contributed by atoms with Gasteiger partial charge in [-0.25, -0.2) is 9.59 Å². The van der Waals surface area contributed by atoms with Gasteiger partial charge in [0.15, 0.2) is 0 Å². The van der Waals surface area contributed by atoms with Crippen molar-refractivity contribution in [3.8, 4) is 23.0 Å². The maximum Gasteiger partial charge on any atom is 0.350 e. The van der Waals surface area contributed by atoms with Crippen molar-refractivity contribution in [3.05, 3.63) is 59.7 Å². The lowest BCUT2D eigenvalue weighted by Gasteiger charge is -2.37. The molecule has 0 saturated heterocycles. The van der Waals surface area contributed by atoms with Crippen molar-refractivity contribution in [1.29, 1.82) is 0 Å². The molecule has 0 aromatic heterocycles. The molecule has 3 rings (SSSR count). The summed E-state index contributed by atoms with van der Waals surface area (Å²) in [6, 6.07) is 12.7. The normalized spacial score (nSPS) is 19.9. The molecule has 31 heavy (non-hydrogen) atoms. The SMILES string of the molecule is COc1ccc(C(=O)N[C@]2(C(=O)O)C(=O)Oc3ccccc3[C@H]2C#C[Si](C)(C)C)cc1. The molecular weight excluding hydrogens is 414 g/mol. The Kier molecular flexibility index (Phi) is 5.91. The predicted molar refractivity (Wildman–Crippen MR) is 117 cm³/mol. The molecule has 0 aliphatic carbocycles. The number of para-hydroxylation sites is 1. The maximum atomic E-state index is 13.0. The fourth-order valence-electron chi connectivity index (χ4n) is 3.20. The van der Waals surface area contributed by atoms with Gasteiger partial charge in [-0.05, 0) is 30.3 Å². The lowest BCUT2D eigenvalue weighted by Crippen LogP contribution is -2.66. The number of hydrogen-bond donors (Lipinski definition) is 2. The quantitative estimate of drug-likeness (QED) is 0.251. The molecule has 2 aromatic rings. The third-order valence-electron chi connectivity index (χ3n) is 4.78. The van der Waals surface area contributed by atoms with Crippen molar-refractivity contribution in [2.75, 3.05) is 7.11 Å². The van der Waals surface area contributed by atoms with Gasteiger partial charge in [-0.1, -0.05) is 43.8 Å². The molecule has 0 saturated carbocycles. The van der Waals surface area contributed by atoms with Crippen LogP contribution in [0.2, 0.25) is 19.6 Å². The van der Waals surface area contributed by atoms with Crippen LogP contribution in [0, 0.1) is 11.5 Å². The summed E-state index contributed by atoms with van der Waals surface area (Å²) in [5.74, 6) is -0.714. The molecular formula is C23H23NO6Si. The average Bonchev–Trinajstić information content (AvgIpc) is 2.72. The summed E-state index contributed by atoms with van der Waals surface area (Å²) in [5.41, 5.74) is 1.36. The van der Waals surface area contributed by atoms with Crippen LogP contribution in [0.3, 0.4) is 0 Å². The van der Waals surface area contributed by atoms with Gasteiger partial charge in [0, 0.05) is 11.1 Å². The monoisotopic (exact) mass is 437 g/mol. The van der Waals surface area contributed by atoms with E-state index >= 15 is 0 Å². The predicted octanol–water partition coefficient (Wildman–Crippen LogP) is 2.83. The summed E-state index contributed by atoms with van der Waals surface area (Å²) in [6.45, 7) is 6.02. The van der Waals surface area contributed by atoms with Crippen molar-refractivity contribution in [2.24, 2.45) is 0 Å². The highest BCUT2D eigenvalue weighted by atomic mass is 28.3. The van der Waals surface area contributed by atoms with E-state index in [4.69, 9.17) is 9.47 Å². The topological polar surface area (TPSA) is 102 Å². The van der Waals surface area contributed by atoms with Crippen LogP contribution in [0.1, 0.15) is 21.8 Å². The second kappa shape index (κ2) is 8.28. The van der Waals surface area contributed by atoms with Gasteiger partial charge in [-0.15, -0.1) is 5.54 Å². The second-order valence-corrected chi connectivity index (χ2v) is 12.9. The highest BCUT2D eigenvalue weighted by molar-refractivity contribution is 6.83. The third kappa shape index (κ3) is 4.32. The van der Waals surface area contributed by atoms with Gasteiger partial charge in [-0.2, -0.15) is 0 Å². The molecule has 0 unspecified atom stereocenters. The standard InChI is InChI=1S/C23H23NO6Si/c1-29-16-11-9-15(10-12-16)20(25)24-23(21(26)27)18(13-14-31(2,3)4)17-7-5-6-8-19(17)30-22(23)28/h5-12,18H,1-4H3,(H,24,25)(H,26,27)/t18-,23-/m1/s1. The largest absolute Gasteiger partial charge is 0.497 e. The molecule has 1 aliphatic rings. The van der Waals surface area contributed by atoms with Gasteiger partial charge >= 0.3 is 11.9 Å². The van der Waals surface area contributed by atoms with Gasteiger partial charge in [0.05, 0.1) is 13.0 Å². The zero-order chi connectivity index (χ0) is 22.8. The number of amides is 1. The van der Waals surface area contributed by atoms with Crippen molar-refractivity contribution in [1.82, 2.24) is 5.32 Å². The van der Waals surface area contributed by atoms with E-state index in [-0.39, 0.29) is 11.3 Å². The Labute approximate surface area is 181 Å². The molecule has 0 fully saturated rings. The Morgan fingerprint density at radius 3 is 2.35 bits per heavy atom. The molecule has 160 valence electrons. The Morgan fingerprint density at radius 1 is 1.13 bits per heavy atom. The number of nitrogens with one attached hydrogen (secondary N) is 1. The van der Waals surface area contributed by atoms with Gasteiger partial charge in [0.2, 0.25) is 0 Å². The van der Waals surface area contributed by atoms with Crippen LogP contribution in [-0.4, -0.2) is 43.7 Å². The first-order valence-corrected chi connectivity index (χ1v) is 13.1. The van der Waals surface area contributed by atoms with E-state index in [2.05, 4.69) is 16.8 Å². The lowest BCUT2D eigenvalue weighted by atomic mass is 9.77. The fraction of sp³-hybridized carbons (Fsp3) is 0.261. The van der Waals surface area contributed by atoms with Crippen molar-refractivity contribution in [2.45, 2.75) is 31.1 Å². The minimum absolute atomic E-state index is 0.171. The highest BCUT2D eigenvalue weighted by Crippen LogP contribution is 2.40. The smallest absolute Gasteiger partial charge is 0.350 e. The number of fused-ring (bicyclic) bond motifs is 1. The number of carbonyl (C=O) groups is 3. The van der Waals surface area contributed by atoms with Crippen LogP contribution < -0.4 is 14.8 Å². The van der Waals surface area contributed by atoms with Crippen LogP contribution in [0.25, 0.3) is 0 Å². The summed E-state index contributed by atoms with van der Waals surface area (Å²) in [6.07, 6.45) is 0. The van der Waals surface area contributed by atoms with Crippen LogP contribution in [-0.2, 0) is 9.59 Å². The Hall–Kier alpha value is -3.57. The summed E-state index contributed by atoms with van der Waals surface area (Å²) in [5, 5.41) is 12.6. The van der Waals surface area contributed by atoms with E-state index in [0.29, 0.717) is 11.3 Å². The number of rotatable bonds is 4. The van der Waals surface area contributed by atoms with Gasteiger partial charge in [-0.3, -0.25) is 4.79 Å². The van der Waals surface area contributed by atoms with Crippen molar-refractivity contribution in [3.63, 3.8) is 0 Å². The molecule has 0 spiro atoms. The molecule has 0 radical (unpaired) electrons. The number of esters is 1. The Morgan fingerprint density at radius 2 is 1.77 bits per heavy atom. The number of benzene rings is 2. The molecule has 2 N–H and O–H groups in total. The molecule has 1 heterocycles. The third-order valence-corrected chi connectivity index (χ3v) is 5.67. The summed E-state index contributed by atoms with van der Waals surface area (Å²) < 4.78 is 10.4. The molecule has 0 bridgehead atoms. The Balaban J connectivity index is 2.13.